The predicted octanol–water partition coefficient (Wildman–Crippen LogP) is 15.7. The Morgan fingerprint density at radius 1 is 0.385 bits per heavy atom. The van der Waals surface area contributed by atoms with Gasteiger partial charge in [0.1, 0.15) is 0 Å². The lowest BCUT2D eigenvalue weighted by Gasteiger charge is -2.45. The van der Waals surface area contributed by atoms with E-state index in [2.05, 4.69) is 205 Å². The Hall–Kier alpha value is -8.25. The highest BCUT2D eigenvalue weighted by Crippen LogP contribution is 2.64. The second kappa shape index (κ2) is 13.9. The number of rotatable bonds is 4. The van der Waals surface area contributed by atoms with Crippen molar-refractivity contribution in [3.63, 3.8) is 0 Å². The molecule has 0 bridgehead atoms. The molecule has 0 fully saturated rings. The number of nitrogens with zero attached hydrogens (tertiary/aromatic N) is 4. The number of thiophene rings is 1. The first-order valence-corrected chi connectivity index (χ1v) is 22.9. The molecule has 1 spiro atoms. The molecule has 2 aliphatic rings. The van der Waals surface area contributed by atoms with Crippen molar-refractivity contribution < 1.29 is 0 Å². The minimum atomic E-state index is -0.557. The molecule has 0 saturated heterocycles. The molecule has 3 aromatic heterocycles. The molecule has 1 aliphatic heterocycles. The molecule has 65 heavy (non-hydrogen) atoms. The van der Waals surface area contributed by atoms with Gasteiger partial charge >= 0.3 is 0 Å². The van der Waals surface area contributed by atoms with E-state index in [1.807, 2.05) is 18.2 Å². The number of hydrogen-bond donors (Lipinski definition) is 0. The molecule has 0 radical (unpaired) electrons. The molecule has 0 N–H and O–H groups in total. The van der Waals surface area contributed by atoms with E-state index in [1.54, 1.807) is 11.3 Å². The molecule has 0 amide bonds. The van der Waals surface area contributed by atoms with Crippen LogP contribution >= 0.6 is 11.3 Å². The summed E-state index contributed by atoms with van der Waals surface area (Å²) in [5.41, 5.74) is 17.6. The van der Waals surface area contributed by atoms with E-state index in [0.717, 1.165) is 71.5 Å². The first kappa shape index (κ1) is 36.3. The average Bonchev–Trinajstić information content (AvgIpc) is 3.89. The fourth-order valence-corrected chi connectivity index (χ4v) is 12.1. The van der Waals surface area contributed by atoms with E-state index in [0.29, 0.717) is 0 Å². The first-order valence-electron chi connectivity index (χ1n) is 22.1. The molecule has 1 aliphatic carbocycles. The molecule has 5 heteroatoms. The van der Waals surface area contributed by atoms with Gasteiger partial charge in [-0.3, -0.25) is 0 Å². The normalized spacial score (nSPS) is 13.3. The number of fused-ring (bicyclic) bond motifs is 15. The van der Waals surface area contributed by atoms with Crippen LogP contribution < -0.4 is 4.90 Å². The molecule has 9 aromatic carbocycles. The van der Waals surface area contributed by atoms with Crippen molar-refractivity contribution in [2.45, 2.75) is 5.41 Å². The van der Waals surface area contributed by atoms with Crippen LogP contribution in [-0.2, 0) is 5.41 Å². The van der Waals surface area contributed by atoms with E-state index in [-0.39, 0.29) is 0 Å². The lowest BCUT2D eigenvalue weighted by molar-refractivity contribution is 0.753. The maximum absolute atomic E-state index is 5.48. The summed E-state index contributed by atoms with van der Waals surface area (Å²) < 4.78 is 2.30. The molecule has 302 valence electrons. The summed E-state index contributed by atoms with van der Waals surface area (Å²) in [6.07, 6.45) is 0. The highest BCUT2D eigenvalue weighted by Gasteiger charge is 2.51. The van der Waals surface area contributed by atoms with Gasteiger partial charge in [-0.2, -0.15) is 0 Å². The minimum Gasteiger partial charge on any atom is -0.310 e. The quantitative estimate of drug-likeness (QED) is 0.166. The standard InChI is InChI=1S/C60H36N4S/c1-3-17-39(18-4-1)59-62-56(58-57(63-59)43-23-9-16-30-54(43)65-58)38-33-31-37(32-34-38)55-46-35-45-41-21-7-10-24-47(41)60(50(45)36-44(46)42-22-8-13-27-51(42)61-55)48-25-11-14-28-52(48)64(40-19-5-2-6-20-40)53-29-15-12-26-49(53)60/h1-36H. The SMILES string of the molecule is c1ccc(-c2nc(-c3ccc(-c4nc5ccccc5c5cc6c(cc45)-c4ccccc4C64c5ccccc5N(c5ccccc5)c5ccccc54)cc3)c3sc4ccccc4c3n2)cc1. The predicted molar refractivity (Wildman–Crippen MR) is 270 cm³/mol. The maximum atomic E-state index is 5.48. The van der Waals surface area contributed by atoms with Crippen molar-refractivity contribution in [1.82, 2.24) is 15.0 Å². The molecule has 14 rings (SSSR count). The van der Waals surface area contributed by atoms with Crippen molar-refractivity contribution in [3.8, 4) is 45.0 Å². The Balaban J connectivity index is 0.997. The highest BCUT2D eigenvalue weighted by molar-refractivity contribution is 7.26. The van der Waals surface area contributed by atoms with Gasteiger partial charge in [0.2, 0.25) is 0 Å². The summed E-state index contributed by atoms with van der Waals surface area (Å²) in [4.78, 5) is 18.3. The molecule has 0 atom stereocenters. The zero-order chi connectivity index (χ0) is 42.6. The topological polar surface area (TPSA) is 41.9 Å². The van der Waals surface area contributed by atoms with Gasteiger partial charge in [-0.1, -0.05) is 170 Å². The summed E-state index contributed by atoms with van der Waals surface area (Å²) in [5.74, 6) is 0.728. The molecular formula is C60H36N4S. The smallest absolute Gasteiger partial charge is 0.160 e. The van der Waals surface area contributed by atoms with Gasteiger partial charge in [0.15, 0.2) is 5.82 Å². The summed E-state index contributed by atoms with van der Waals surface area (Å²) in [6, 6.07) is 79.1. The Labute approximate surface area is 379 Å². The zero-order valence-corrected chi connectivity index (χ0v) is 35.8. The minimum absolute atomic E-state index is 0.557. The lowest BCUT2D eigenvalue weighted by Crippen LogP contribution is -2.36. The summed E-state index contributed by atoms with van der Waals surface area (Å²) in [6.45, 7) is 0. The van der Waals surface area contributed by atoms with Crippen LogP contribution in [-0.4, -0.2) is 15.0 Å². The Morgan fingerprint density at radius 2 is 0.985 bits per heavy atom. The second-order valence-electron chi connectivity index (χ2n) is 17.0. The number of hydrogen-bond acceptors (Lipinski definition) is 5. The van der Waals surface area contributed by atoms with Crippen molar-refractivity contribution in [3.05, 3.63) is 241 Å². The van der Waals surface area contributed by atoms with Gasteiger partial charge in [-0.15, -0.1) is 11.3 Å². The summed E-state index contributed by atoms with van der Waals surface area (Å²) >= 11 is 1.76. The van der Waals surface area contributed by atoms with Gasteiger partial charge in [-0.05, 0) is 87.3 Å². The Kier molecular flexibility index (Phi) is 7.74. The van der Waals surface area contributed by atoms with Gasteiger partial charge < -0.3 is 4.90 Å². The van der Waals surface area contributed by atoms with Crippen LogP contribution in [0.2, 0.25) is 0 Å². The number of para-hydroxylation sites is 4. The molecular weight excluding hydrogens is 809 g/mol. The van der Waals surface area contributed by atoms with Crippen LogP contribution in [0.25, 0.3) is 87.0 Å². The van der Waals surface area contributed by atoms with E-state index in [1.165, 1.54) is 54.8 Å². The van der Waals surface area contributed by atoms with Crippen LogP contribution in [0.3, 0.4) is 0 Å². The van der Waals surface area contributed by atoms with Crippen molar-refractivity contribution >= 4 is 70.4 Å². The third-order valence-corrected chi connectivity index (χ3v) is 14.8. The van der Waals surface area contributed by atoms with Crippen LogP contribution in [0, 0.1) is 0 Å². The molecule has 4 nitrogen and oxygen atoms in total. The third-order valence-electron chi connectivity index (χ3n) is 13.7. The largest absolute Gasteiger partial charge is 0.310 e. The monoisotopic (exact) mass is 844 g/mol. The number of aromatic nitrogens is 3. The third kappa shape index (κ3) is 5.16. The number of benzene rings is 9. The van der Waals surface area contributed by atoms with E-state index in [9.17, 15) is 0 Å². The first-order chi connectivity index (χ1) is 32.2. The van der Waals surface area contributed by atoms with Gasteiger partial charge in [0.25, 0.3) is 0 Å². The van der Waals surface area contributed by atoms with Crippen molar-refractivity contribution in [2.24, 2.45) is 0 Å². The summed E-state index contributed by atoms with van der Waals surface area (Å²) in [5, 5.41) is 4.62. The number of anilines is 3. The number of pyridine rings is 1. The van der Waals surface area contributed by atoms with E-state index in [4.69, 9.17) is 15.0 Å². The Bertz CT molecular complexity index is 3850. The van der Waals surface area contributed by atoms with Crippen molar-refractivity contribution in [1.29, 1.82) is 0 Å². The molecule has 12 aromatic rings. The molecule has 4 heterocycles. The molecule has 0 unspecified atom stereocenters. The van der Waals surface area contributed by atoms with Gasteiger partial charge in [0.05, 0.1) is 43.9 Å². The van der Waals surface area contributed by atoms with E-state index < -0.39 is 5.41 Å². The highest BCUT2D eigenvalue weighted by atomic mass is 32.1. The van der Waals surface area contributed by atoms with Crippen LogP contribution in [0.4, 0.5) is 17.1 Å². The van der Waals surface area contributed by atoms with Crippen LogP contribution in [0.1, 0.15) is 22.3 Å². The van der Waals surface area contributed by atoms with Gasteiger partial charge in [-0.25, -0.2) is 15.0 Å². The lowest BCUT2D eigenvalue weighted by atomic mass is 9.64. The van der Waals surface area contributed by atoms with Crippen LogP contribution in [0.15, 0.2) is 218 Å². The second-order valence-corrected chi connectivity index (χ2v) is 18.1. The zero-order valence-electron chi connectivity index (χ0n) is 35.0. The summed E-state index contributed by atoms with van der Waals surface area (Å²) in [7, 11) is 0. The fraction of sp³-hybridized carbons (Fsp3) is 0.0167. The van der Waals surface area contributed by atoms with Crippen molar-refractivity contribution in [2.75, 3.05) is 4.90 Å². The van der Waals surface area contributed by atoms with Crippen LogP contribution in [0.5, 0.6) is 0 Å². The maximum Gasteiger partial charge on any atom is 0.160 e. The average molecular weight is 845 g/mol. The molecule has 0 saturated carbocycles. The van der Waals surface area contributed by atoms with E-state index >= 15 is 0 Å². The fourth-order valence-electron chi connectivity index (χ4n) is 10.9. The van der Waals surface area contributed by atoms with Gasteiger partial charge in [0, 0.05) is 43.2 Å². The Morgan fingerprint density at radius 3 is 1.74 bits per heavy atom.